The quantitative estimate of drug-likeness (QED) is 0.779. The molecule has 0 spiro atoms. The minimum absolute atomic E-state index is 0.280. The standard InChI is InChI=1S/C9H10N2O2S/c1-10-14(12,13)8-4-2-3-7-5-6-11-9(7)8/h2-6,10-11H,1H3. The second kappa shape index (κ2) is 3.11. The molecule has 2 rings (SSSR count). The van der Waals surface area contributed by atoms with Crippen molar-refractivity contribution in [3.8, 4) is 0 Å². The maximum absolute atomic E-state index is 11.6. The van der Waals surface area contributed by atoms with Gasteiger partial charge in [-0.2, -0.15) is 0 Å². The lowest BCUT2D eigenvalue weighted by atomic mass is 10.2. The molecule has 2 aromatic rings. The van der Waals surface area contributed by atoms with E-state index in [9.17, 15) is 8.42 Å². The van der Waals surface area contributed by atoms with Crippen LogP contribution < -0.4 is 4.72 Å². The number of fused-ring (bicyclic) bond motifs is 1. The van der Waals surface area contributed by atoms with E-state index in [1.165, 1.54) is 7.05 Å². The minimum atomic E-state index is -3.38. The van der Waals surface area contributed by atoms with Gasteiger partial charge in [0.15, 0.2) is 0 Å². The second-order valence-corrected chi connectivity index (χ2v) is 4.76. The number of H-pyrrole nitrogens is 1. The normalized spacial score (nSPS) is 12.1. The van der Waals surface area contributed by atoms with Crippen molar-refractivity contribution in [2.45, 2.75) is 4.90 Å². The van der Waals surface area contributed by atoms with E-state index in [1.807, 2.05) is 12.1 Å². The molecule has 5 heteroatoms. The zero-order valence-electron chi connectivity index (χ0n) is 7.61. The van der Waals surface area contributed by atoms with Crippen molar-refractivity contribution in [2.24, 2.45) is 0 Å². The predicted molar refractivity (Wildman–Crippen MR) is 54.5 cm³/mol. The van der Waals surface area contributed by atoms with Crippen LogP contribution in [0.25, 0.3) is 10.9 Å². The maximum Gasteiger partial charge on any atom is 0.242 e. The number of nitrogens with one attached hydrogen (secondary N) is 2. The summed E-state index contributed by atoms with van der Waals surface area (Å²) < 4.78 is 25.5. The van der Waals surface area contributed by atoms with Crippen molar-refractivity contribution in [3.63, 3.8) is 0 Å². The van der Waals surface area contributed by atoms with E-state index in [1.54, 1.807) is 18.3 Å². The molecule has 0 radical (unpaired) electrons. The van der Waals surface area contributed by atoms with E-state index in [2.05, 4.69) is 9.71 Å². The Labute approximate surface area is 82.0 Å². The summed E-state index contributed by atoms with van der Waals surface area (Å²) in [5, 5.41) is 0.890. The number of benzene rings is 1. The van der Waals surface area contributed by atoms with E-state index >= 15 is 0 Å². The first-order valence-corrected chi connectivity index (χ1v) is 5.63. The van der Waals surface area contributed by atoms with Crippen LogP contribution in [0.5, 0.6) is 0 Å². The molecule has 14 heavy (non-hydrogen) atoms. The molecule has 1 heterocycles. The third-order valence-electron chi connectivity index (χ3n) is 2.11. The molecule has 0 fully saturated rings. The van der Waals surface area contributed by atoms with Crippen molar-refractivity contribution in [2.75, 3.05) is 7.05 Å². The van der Waals surface area contributed by atoms with Crippen LogP contribution >= 0.6 is 0 Å². The largest absolute Gasteiger partial charge is 0.360 e. The SMILES string of the molecule is CNS(=O)(=O)c1cccc2cc[nH]c12. The highest BCUT2D eigenvalue weighted by Crippen LogP contribution is 2.20. The van der Waals surface area contributed by atoms with Gasteiger partial charge in [-0.15, -0.1) is 0 Å². The van der Waals surface area contributed by atoms with Gasteiger partial charge in [-0.25, -0.2) is 13.1 Å². The number of hydrogen-bond acceptors (Lipinski definition) is 2. The molecule has 1 aromatic carbocycles. The Hall–Kier alpha value is -1.33. The van der Waals surface area contributed by atoms with Gasteiger partial charge in [0.05, 0.1) is 5.52 Å². The number of aromatic nitrogens is 1. The fraction of sp³-hybridized carbons (Fsp3) is 0.111. The van der Waals surface area contributed by atoms with Crippen LogP contribution in [-0.4, -0.2) is 20.4 Å². The molecular weight excluding hydrogens is 200 g/mol. The van der Waals surface area contributed by atoms with E-state index < -0.39 is 10.0 Å². The molecule has 74 valence electrons. The Bertz CT molecular complexity index is 557. The van der Waals surface area contributed by atoms with Gasteiger partial charge in [-0.05, 0) is 19.2 Å². The Morgan fingerprint density at radius 3 is 2.79 bits per heavy atom. The van der Waals surface area contributed by atoms with E-state index in [0.717, 1.165) is 5.39 Å². The van der Waals surface area contributed by atoms with Crippen molar-refractivity contribution in [1.82, 2.24) is 9.71 Å². The highest BCUT2D eigenvalue weighted by atomic mass is 32.2. The summed E-state index contributed by atoms with van der Waals surface area (Å²) in [6.45, 7) is 0. The molecule has 0 saturated heterocycles. The molecule has 0 aliphatic heterocycles. The van der Waals surface area contributed by atoms with Crippen LogP contribution in [0.2, 0.25) is 0 Å². The Morgan fingerprint density at radius 2 is 2.07 bits per heavy atom. The summed E-state index contributed by atoms with van der Waals surface area (Å²) in [5.74, 6) is 0. The third-order valence-corrected chi connectivity index (χ3v) is 3.56. The Kier molecular flexibility index (Phi) is 2.05. The minimum Gasteiger partial charge on any atom is -0.360 e. The highest BCUT2D eigenvalue weighted by Gasteiger charge is 2.14. The zero-order chi connectivity index (χ0) is 10.2. The van der Waals surface area contributed by atoms with Crippen molar-refractivity contribution >= 4 is 20.9 Å². The molecule has 4 nitrogen and oxygen atoms in total. The van der Waals surface area contributed by atoms with E-state index in [4.69, 9.17) is 0 Å². The van der Waals surface area contributed by atoms with Gasteiger partial charge in [-0.1, -0.05) is 12.1 Å². The van der Waals surface area contributed by atoms with Crippen LogP contribution in [0.15, 0.2) is 35.4 Å². The van der Waals surface area contributed by atoms with Crippen LogP contribution in [-0.2, 0) is 10.0 Å². The summed E-state index contributed by atoms with van der Waals surface area (Å²) in [6.07, 6.45) is 1.72. The number of aromatic amines is 1. The van der Waals surface area contributed by atoms with Gasteiger partial charge in [0.25, 0.3) is 0 Å². The second-order valence-electron chi connectivity index (χ2n) is 2.91. The highest BCUT2D eigenvalue weighted by molar-refractivity contribution is 7.89. The first kappa shape index (κ1) is 9.23. The Balaban J connectivity index is 2.81. The summed E-state index contributed by atoms with van der Waals surface area (Å²) in [7, 11) is -1.98. The first-order valence-electron chi connectivity index (χ1n) is 4.15. The molecule has 0 amide bonds. The summed E-state index contributed by atoms with van der Waals surface area (Å²) in [5.41, 5.74) is 0.641. The van der Waals surface area contributed by atoms with Gasteiger partial charge in [0, 0.05) is 11.6 Å². The van der Waals surface area contributed by atoms with Gasteiger partial charge >= 0.3 is 0 Å². The summed E-state index contributed by atoms with van der Waals surface area (Å²) in [6, 6.07) is 7.00. The van der Waals surface area contributed by atoms with E-state index in [-0.39, 0.29) is 4.90 Å². The molecule has 0 atom stereocenters. The summed E-state index contributed by atoms with van der Waals surface area (Å²) >= 11 is 0. The topological polar surface area (TPSA) is 62.0 Å². The molecule has 2 N–H and O–H groups in total. The molecule has 0 saturated carbocycles. The van der Waals surface area contributed by atoms with Gasteiger partial charge in [0.1, 0.15) is 4.90 Å². The fourth-order valence-corrected chi connectivity index (χ4v) is 2.31. The number of rotatable bonds is 2. The molecule has 1 aromatic heterocycles. The third kappa shape index (κ3) is 1.30. The van der Waals surface area contributed by atoms with Gasteiger partial charge in [-0.3, -0.25) is 0 Å². The Morgan fingerprint density at radius 1 is 1.29 bits per heavy atom. The predicted octanol–water partition coefficient (Wildman–Crippen LogP) is 1.08. The number of sulfonamides is 1. The first-order chi connectivity index (χ1) is 6.65. The van der Waals surface area contributed by atoms with Gasteiger partial charge in [0.2, 0.25) is 10.0 Å². The van der Waals surface area contributed by atoms with Crippen molar-refractivity contribution in [3.05, 3.63) is 30.5 Å². The molecule has 0 aliphatic rings. The van der Waals surface area contributed by atoms with Gasteiger partial charge < -0.3 is 4.98 Å². The number of hydrogen-bond donors (Lipinski definition) is 2. The van der Waals surface area contributed by atoms with Crippen LogP contribution in [0, 0.1) is 0 Å². The molecule has 0 unspecified atom stereocenters. The van der Waals surface area contributed by atoms with Crippen LogP contribution in [0.1, 0.15) is 0 Å². The average Bonchev–Trinajstić information content (AvgIpc) is 2.64. The fourth-order valence-electron chi connectivity index (χ4n) is 1.39. The molecule has 0 aliphatic carbocycles. The van der Waals surface area contributed by atoms with Crippen molar-refractivity contribution in [1.29, 1.82) is 0 Å². The smallest absolute Gasteiger partial charge is 0.242 e. The van der Waals surface area contributed by atoms with Crippen molar-refractivity contribution < 1.29 is 8.42 Å². The van der Waals surface area contributed by atoms with Crippen LogP contribution in [0.3, 0.4) is 0 Å². The number of para-hydroxylation sites is 1. The summed E-state index contributed by atoms with van der Waals surface area (Å²) in [4.78, 5) is 3.19. The average molecular weight is 210 g/mol. The molecule has 0 bridgehead atoms. The molecular formula is C9H10N2O2S. The van der Waals surface area contributed by atoms with E-state index in [0.29, 0.717) is 5.52 Å². The lowest BCUT2D eigenvalue weighted by Crippen LogP contribution is -2.18. The lowest BCUT2D eigenvalue weighted by Gasteiger charge is -2.03. The van der Waals surface area contributed by atoms with Crippen LogP contribution in [0.4, 0.5) is 0 Å². The lowest BCUT2D eigenvalue weighted by molar-refractivity contribution is 0.589. The maximum atomic E-state index is 11.6. The zero-order valence-corrected chi connectivity index (χ0v) is 8.43. The monoisotopic (exact) mass is 210 g/mol.